The Morgan fingerprint density at radius 2 is 1.75 bits per heavy atom. The molecule has 0 aliphatic heterocycles. The second-order valence-electron chi connectivity index (χ2n) is 8.13. The minimum atomic E-state index is -3.40. The molecule has 0 unspecified atom stereocenters. The first kappa shape index (κ1) is 21.8. The van der Waals surface area contributed by atoms with Crippen molar-refractivity contribution in [2.75, 3.05) is 6.26 Å². The number of carbonyl (C=O) groups excluding carboxylic acids is 1. The van der Waals surface area contributed by atoms with Gasteiger partial charge in [-0.25, -0.2) is 8.42 Å². The molecule has 2 aromatic carbocycles. The van der Waals surface area contributed by atoms with E-state index in [0.717, 1.165) is 28.6 Å². The number of benzene rings is 2. The maximum atomic E-state index is 12.6. The van der Waals surface area contributed by atoms with Crippen LogP contribution >= 0.6 is 0 Å². The highest BCUT2D eigenvalue weighted by Gasteiger charge is 2.15. The molecular weight excluding hydrogens is 422 g/mol. The van der Waals surface area contributed by atoms with Crippen molar-refractivity contribution in [1.82, 2.24) is 14.9 Å². The summed E-state index contributed by atoms with van der Waals surface area (Å²) in [5.41, 5.74) is 6.12. The number of amides is 1. The summed E-state index contributed by atoms with van der Waals surface area (Å²) in [4.78, 5) is 17.1. The van der Waals surface area contributed by atoms with Crippen LogP contribution in [0.25, 0.3) is 22.0 Å². The van der Waals surface area contributed by atoms with E-state index in [9.17, 15) is 13.2 Å². The average molecular weight is 448 g/mol. The molecule has 0 saturated heterocycles. The lowest BCUT2D eigenvalue weighted by molar-refractivity contribution is 0.0950. The zero-order valence-corrected chi connectivity index (χ0v) is 19.3. The third-order valence-corrected chi connectivity index (χ3v) is 6.86. The number of nitrogens with zero attached hydrogens (tertiary/aromatic N) is 2. The first-order valence-corrected chi connectivity index (χ1v) is 12.1. The van der Waals surface area contributed by atoms with Gasteiger partial charge in [0.15, 0.2) is 9.84 Å². The molecule has 1 amide bonds. The van der Waals surface area contributed by atoms with Gasteiger partial charge < -0.3 is 9.88 Å². The highest BCUT2D eigenvalue weighted by molar-refractivity contribution is 7.90. The molecule has 4 aromatic rings. The van der Waals surface area contributed by atoms with Gasteiger partial charge in [-0.15, -0.1) is 0 Å². The third kappa shape index (κ3) is 4.29. The summed E-state index contributed by atoms with van der Waals surface area (Å²) >= 11 is 0. The highest BCUT2D eigenvalue weighted by Crippen LogP contribution is 2.27. The minimum Gasteiger partial charge on any atom is -0.350 e. The van der Waals surface area contributed by atoms with Crippen LogP contribution in [0.15, 0.2) is 65.8 Å². The number of rotatable bonds is 5. The average Bonchev–Trinajstić information content (AvgIpc) is 3.04. The van der Waals surface area contributed by atoms with E-state index >= 15 is 0 Å². The molecule has 1 N–H and O–H groups in total. The van der Waals surface area contributed by atoms with E-state index < -0.39 is 9.84 Å². The van der Waals surface area contributed by atoms with E-state index in [1.807, 2.05) is 19.2 Å². The molecule has 0 radical (unpaired) electrons. The summed E-state index contributed by atoms with van der Waals surface area (Å²) in [6.45, 7) is 4.05. The summed E-state index contributed by atoms with van der Waals surface area (Å²) in [7, 11) is -1.37. The maximum Gasteiger partial charge on any atom is 0.251 e. The van der Waals surface area contributed by atoms with Crippen LogP contribution in [0.5, 0.6) is 0 Å². The van der Waals surface area contributed by atoms with Gasteiger partial charge in [0, 0.05) is 42.2 Å². The Morgan fingerprint density at radius 1 is 1.00 bits per heavy atom. The van der Waals surface area contributed by atoms with E-state index in [4.69, 9.17) is 0 Å². The second-order valence-corrected chi connectivity index (χ2v) is 10.1. The molecule has 7 heteroatoms. The Labute approximate surface area is 187 Å². The van der Waals surface area contributed by atoms with Crippen molar-refractivity contribution >= 4 is 26.6 Å². The largest absolute Gasteiger partial charge is 0.350 e. The zero-order valence-electron chi connectivity index (χ0n) is 18.5. The molecular formula is C25H25N3O3S. The molecule has 2 aromatic heterocycles. The molecule has 0 spiro atoms. The van der Waals surface area contributed by atoms with Crippen LogP contribution in [-0.2, 0) is 23.4 Å². The Balaban J connectivity index is 1.54. The lowest BCUT2D eigenvalue weighted by Crippen LogP contribution is -2.23. The van der Waals surface area contributed by atoms with Crippen LogP contribution in [0.3, 0.4) is 0 Å². The van der Waals surface area contributed by atoms with Crippen LogP contribution in [-0.4, -0.2) is 30.1 Å². The van der Waals surface area contributed by atoms with Gasteiger partial charge in [0.1, 0.15) is 0 Å². The van der Waals surface area contributed by atoms with Gasteiger partial charge in [0.05, 0.1) is 17.1 Å². The number of sulfone groups is 1. The number of carbonyl (C=O) groups is 1. The number of fused-ring (bicyclic) bond motifs is 1. The number of hydrogen-bond donors (Lipinski definition) is 1. The first-order chi connectivity index (χ1) is 15.1. The predicted octanol–water partition coefficient (Wildman–Crippen LogP) is 4.19. The molecule has 0 bridgehead atoms. The first-order valence-electron chi connectivity index (χ1n) is 10.2. The summed E-state index contributed by atoms with van der Waals surface area (Å²) in [6.07, 6.45) is 4.98. The van der Waals surface area contributed by atoms with Crippen molar-refractivity contribution in [3.8, 4) is 11.1 Å². The van der Waals surface area contributed by atoms with E-state index in [0.29, 0.717) is 11.1 Å². The van der Waals surface area contributed by atoms with Gasteiger partial charge in [0.25, 0.3) is 5.91 Å². The van der Waals surface area contributed by atoms with Crippen LogP contribution < -0.4 is 5.32 Å². The molecule has 0 fully saturated rings. The van der Waals surface area contributed by atoms with Crippen LogP contribution in [0.4, 0.5) is 0 Å². The van der Waals surface area contributed by atoms with Crippen molar-refractivity contribution in [3.05, 3.63) is 83.3 Å². The summed E-state index contributed by atoms with van der Waals surface area (Å²) in [6, 6.07) is 14.9. The molecule has 0 aliphatic rings. The van der Waals surface area contributed by atoms with Crippen molar-refractivity contribution in [1.29, 1.82) is 0 Å². The zero-order chi connectivity index (χ0) is 23.0. The molecule has 2 heterocycles. The molecule has 4 rings (SSSR count). The van der Waals surface area contributed by atoms with E-state index in [-0.39, 0.29) is 17.3 Å². The number of hydrogen-bond acceptors (Lipinski definition) is 4. The Hall–Kier alpha value is -3.45. The van der Waals surface area contributed by atoms with E-state index in [2.05, 4.69) is 46.2 Å². The smallest absolute Gasteiger partial charge is 0.251 e. The van der Waals surface area contributed by atoms with Crippen molar-refractivity contribution in [2.24, 2.45) is 7.05 Å². The monoisotopic (exact) mass is 447 g/mol. The summed E-state index contributed by atoms with van der Waals surface area (Å²) in [5.74, 6) is -0.345. The lowest BCUT2D eigenvalue weighted by atomic mass is 10.0. The second kappa shape index (κ2) is 8.24. The van der Waals surface area contributed by atoms with Gasteiger partial charge in [-0.05, 0) is 66.4 Å². The number of aryl methyl sites for hydroxylation is 3. The molecule has 0 saturated carbocycles. The van der Waals surface area contributed by atoms with Crippen LogP contribution in [0.1, 0.15) is 27.2 Å². The normalized spacial score (nSPS) is 11.6. The van der Waals surface area contributed by atoms with Crippen LogP contribution in [0.2, 0.25) is 0 Å². The fourth-order valence-corrected chi connectivity index (χ4v) is 4.93. The molecule has 6 nitrogen and oxygen atoms in total. The Morgan fingerprint density at radius 3 is 2.50 bits per heavy atom. The van der Waals surface area contributed by atoms with Crippen molar-refractivity contribution in [2.45, 2.75) is 25.3 Å². The maximum absolute atomic E-state index is 12.6. The fourth-order valence-electron chi connectivity index (χ4n) is 3.93. The summed E-state index contributed by atoms with van der Waals surface area (Å²) < 4.78 is 26.0. The lowest BCUT2D eigenvalue weighted by Gasteiger charge is -2.09. The molecule has 164 valence electrons. The predicted molar refractivity (Wildman–Crippen MR) is 126 cm³/mol. The van der Waals surface area contributed by atoms with Gasteiger partial charge in [-0.3, -0.25) is 9.78 Å². The molecule has 32 heavy (non-hydrogen) atoms. The number of aromatic nitrogens is 2. The Bertz CT molecular complexity index is 1450. The van der Waals surface area contributed by atoms with E-state index in [1.54, 1.807) is 25.3 Å². The summed E-state index contributed by atoms with van der Waals surface area (Å²) in [5, 5.41) is 4.06. The standard InChI is InChI=1S/C25H25N3O3S/c1-16-5-6-20(13-24(16)32(4,30)31)25(29)27-14-21-11-19(9-10-26-21)18-7-8-22-17(2)15-28(3)23(22)12-18/h5-13,15H,14H2,1-4H3,(H,27,29). The molecule has 0 atom stereocenters. The molecule has 0 aliphatic carbocycles. The fraction of sp³-hybridized carbons (Fsp3) is 0.200. The van der Waals surface area contributed by atoms with E-state index in [1.165, 1.54) is 17.0 Å². The van der Waals surface area contributed by atoms with Gasteiger partial charge in [-0.2, -0.15) is 0 Å². The van der Waals surface area contributed by atoms with Gasteiger partial charge in [-0.1, -0.05) is 18.2 Å². The van der Waals surface area contributed by atoms with Crippen molar-refractivity contribution in [3.63, 3.8) is 0 Å². The van der Waals surface area contributed by atoms with Gasteiger partial charge in [0.2, 0.25) is 0 Å². The van der Waals surface area contributed by atoms with Gasteiger partial charge >= 0.3 is 0 Å². The highest BCUT2D eigenvalue weighted by atomic mass is 32.2. The number of nitrogens with one attached hydrogen (secondary N) is 1. The third-order valence-electron chi connectivity index (χ3n) is 5.62. The SMILES string of the molecule is Cc1ccc(C(=O)NCc2cc(-c3ccc4c(C)cn(C)c4c3)ccn2)cc1S(C)(=O)=O. The van der Waals surface area contributed by atoms with Crippen LogP contribution in [0, 0.1) is 13.8 Å². The van der Waals surface area contributed by atoms with Crippen molar-refractivity contribution < 1.29 is 13.2 Å². The quantitative estimate of drug-likeness (QED) is 0.497. The Kier molecular flexibility index (Phi) is 5.60. The number of pyridine rings is 1. The minimum absolute atomic E-state index is 0.163. The topological polar surface area (TPSA) is 81.1 Å².